The van der Waals surface area contributed by atoms with E-state index >= 15 is 0 Å². The van der Waals surface area contributed by atoms with Crippen molar-refractivity contribution in [1.29, 1.82) is 0 Å². The van der Waals surface area contributed by atoms with Crippen molar-refractivity contribution in [2.75, 3.05) is 31.5 Å². The van der Waals surface area contributed by atoms with Gasteiger partial charge in [0.2, 0.25) is 0 Å². The number of fused-ring (bicyclic) bond motifs is 1. The van der Waals surface area contributed by atoms with Crippen LogP contribution in [0.1, 0.15) is 34.3 Å². The lowest BCUT2D eigenvalue weighted by Crippen LogP contribution is -2.38. The molecule has 4 N–H and O–H groups in total. The smallest absolute Gasteiger partial charge is 0.253 e. The molecule has 3 heterocycles. The average Bonchev–Trinajstić information content (AvgIpc) is 3.15. The third-order valence-electron chi connectivity index (χ3n) is 5.58. The molecule has 2 aliphatic heterocycles. The minimum Gasteiger partial charge on any atom is -0.390 e. The summed E-state index contributed by atoms with van der Waals surface area (Å²) in [6.45, 7) is 4.45. The fraction of sp³-hybridized carbons (Fsp3) is 0.455. The molecule has 1 amide bonds. The molecule has 1 aromatic carbocycles. The Kier molecular flexibility index (Phi) is 6.39. The van der Waals surface area contributed by atoms with E-state index in [9.17, 15) is 9.90 Å². The molecular weight excluding hydrogens is 366 g/mol. The van der Waals surface area contributed by atoms with Crippen molar-refractivity contribution in [2.24, 2.45) is 0 Å². The number of amides is 1. The van der Waals surface area contributed by atoms with Gasteiger partial charge in [-0.25, -0.2) is 0 Å². The number of hydrogen-bond donors (Lipinski definition) is 4. The van der Waals surface area contributed by atoms with Gasteiger partial charge in [0.15, 0.2) is 0 Å². The number of nitrogens with zero attached hydrogens (tertiary/aromatic N) is 2. The van der Waals surface area contributed by atoms with Crippen molar-refractivity contribution < 1.29 is 9.90 Å². The Balaban J connectivity index is 1.24. The number of aliphatic hydroxyl groups is 1. The number of carbonyl (C=O) groups is 1. The monoisotopic (exact) mass is 395 g/mol. The van der Waals surface area contributed by atoms with E-state index < -0.39 is 6.10 Å². The van der Waals surface area contributed by atoms with Crippen LogP contribution in [0.25, 0.3) is 0 Å². The summed E-state index contributed by atoms with van der Waals surface area (Å²) in [5, 5.41) is 20.0. The lowest BCUT2D eigenvalue weighted by atomic mass is 10.1. The number of β-amino-alcohol motifs (C(OH)–C–C–N with tert-alkyl or cyclic N) is 1. The fourth-order valence-electron chi connectivity index (χ4n) is 4.05. The average molecular weight is 396 g/mol. The molecule has 0 radical (unpaired) electrons. The normalized spacial score (nSPS) is 18.2. The van der Waals surface area contributed by atoms with Gasteiger partial charge >= 0.3 is 0 Å². The van der Waals surface area contributed by atoms with Gasteiger partial charge in [0.1, 0.15) is 0 Å². The zero-order chi connectivity index (χ0) is 20.1. The third kappa shape index (κ3) is 5.32. The molecular formula is C22H29N5O2. The molecule has 1 aromatic heterocycles. The van der Waals surface area contributed by atoms with Gasteiger partial charge in [0.05, 0.1) is 17.4 Å². The Bertz CT molecular complexity index is 812. The summed E-state index contributed by atoms with van der Waals surface area (Å²) in [5.41, 5.74) is 3.99. The molecule has 4 rings (SSSR count). The van der Waals surface area contributed by atoms with Crippen LogP contribution < -0.4 is 16.0 Å². The maximum Gasteiger partial charge on any atom is 0.253 e. The van der Waals surface area contributed by atoms with E-state index in [1.807, 2.05) is 18.2 Å². The van der Waals surface area contributed by atoms with Crippen LogP contribution in [0.15, 0.2) is 42.7 Å². The van der Waals surface area contributed by atoms with Crippen LogP contribution in [0.2, 0.25) is 0 Å². The van der Waals surface area contributed by atoms with Crippen LogP contribution in [0, 0.1) is 0 Å². The summed E-state index contributed by atoms with van der Waals surface area (Å²) in [7, 11) is 0. The number of rotatable bonds is 7. The minimum absolute atomic E-state index is 0.213. The Morgan fingerprint density at radius 3 is 2.66 bits per heavy atom. The predicted octanol–water partition coefficient (Wildman–Crippen LogP) is 1.35. The molecule has 154 valence electrons. The molecule has 7 heteroatoms. The molecule has 7 nitrogen and oxygen atoms in total. The molecule has 0 bridgehead atoms. The summed E-state index contributed by atoms with van der Waals surface area (Å²) in [4.78, 5) is 18.9. The highest BCUT2D eigenvalue weighted by Gasteiger charge is 2.21. The van der Waals surface area contributed by atoms with Crippen molar-refractivity contribution in [1.82, 2.24) is 20.5 Å². The first-order valence-corrected chi connectivity index (χ1v) is 10.3. The number of carbonyl (C=O) groups excluding carboxylic acids is 1. The maximum absolute atomic E-state index is 12.5. The van der Waals surface area contributed by atoms with Gasteiger partial charge in [-0.2, -0.15) is 0 Å². The lowest BCUT2D eigenvalue weighted by molar-refractivity contribution is 0.0855. The standard InChI is InChI=1S/C22H29N5O2/c28-21(15-27-13-16-3-1-2-4-17(16)14-27)12-25-22(29)18-9-20(11-24-10-18)26-19-5-7-23-8-6-19/h1-4,9-11,19,21,23,26,28H,5-8,12-15H2,(H,25,29)/t21-/m0/s1. The van der Waals surface area contributed by atoms with Gasteiger partial charge in [0.25, 0.3) is 5.91 Å². The van der Waals surface area contributed by atoms with Crippen molar-refractivity contribution >= 4 is 11.6 Å². The zero-order valence-corrected chi connectivity index (χ0v) is 16.6. The summed E-state index contributed by atoms with van der Waals surface area (Å²) in [6.07, 6.45) is 4.81. The quantitative estimate of drug-likeness (QED) is 0.566. The zero-order valence-electron chi connectivity index (χ0n) is 16.6. The van der Waals surface area contributed by atoms with E-state index in [-0.39, 0.29) is 12.5 Å². The van der Waals surface area contributed by atoms with Crippen LogP contribution in [0.4, 0.5) is 5.69 Å². The van der Waals surface area contributed by atoms with Crippen LogP contribution >= 0.6 is 0 Å². The molecule has 29 heavy (non-hydrogen) atoms. The predicted molar refractivity (Wildman–Crippen MR) is 113 cm³/mol. The van der Waals surface area contributed by atoms with Crippen molar-refractivity contribution in [3.8, 4) is 0 Å². The van der Waals surface area contributed by atoms with Gasteiger partial charge in [-0.05, 0) is 43.1 Å². The van der Waals surface area contributed by atoms with Gasteiger partial charge in [0, 0.05) is 44.6 Å². The Morgan fingerprint density at radius 2 is 1.93 bits per heavy atom. The van der Waals surface area contributed by atoms with Gasteiger partial charge < -0.3 is 21.1 Å². The Labute approximate surface area is 171 Å². The number of piperidine rings is 1. The van der Waals surface area contributed by atoms with Gasteiger partial charge in [-0.15, -0.1) is 0 Å². The summed E-state index contributed by atoms with van der Waals surface area (Å²) in [6, 6.07) is 10.6. The minimum atomic E-state index is -0.614. The van der Waals surface area contributed by atoms with Crippen LogP contribution in [0.3, 0.4) is 0 Å². The number of aliphatic hydroxyl groups excluding tert-OH is 1. The molecule has 0 spiro atoms. The van der Waals surface area contributed by atoms with Crippen LogP contribution in [0.5, 0.6) is 0 Å². The van der Waals surface area contributed by atoms with E-state index in [1.54, 1.807) is 12.4 Å². The number of aromatic nitrogens is 1. The van der Waals surface area contributed by atoms with E-state index in [4.69, 9.17) is 0 Å². The van der Waals surface area contributed by atoms with Crippen LogP contribution in [-0.4, -0.2) is 59.2 Å². The molecule has 2 aromatic rings. The van der Waals surface area contributed by atoms with Crippen molar-refractivity contribution in [3.63, 3.8) is 0 Å². The molecule has 0 unspecified atom stereocenters. The van der Waals surface area contributed by atoms with E-state index in [0.29, 0.717) is 18.2 Å². The van der Waals surface area contributed by atoms with E-state index in [0.717, 1.165) is 44.7 Å². The maximum atomic E-state index is 12.5. The molecule has 0 saturated carbocycles. The summed E-state index contributed by atoms with van der Waals surface area (Å²) in [5.74, 6) is -0.213. The molecule has 1 fully saturated rings. The molecule has 0 aliphatic carbocycles. The second-order valence-corrected chi connectivity index (χ2v) is 7.93. The highest BCUT2D eigenvalue weighted by atomic mass is 16.3. The number of pyridine rings is 1. The second-order valence-electron chi connectivity index (χ2n) is 7.93. The second kappa shape index (κ2) is 9.35. The van der Waals surface area contributed by atoms with Gasteiger partial charge in [-0.1, -0.05) is 24.3 Å². The van der Waals surface area contributed by atoms with E-state index in [1.165, 1.54) is 11.1 Å². The summed E-state index contributed by atoms with van der Waals surface area (Å²) < 4.78 is 0. The van der Waals surface area contributed by atoms with Crippen LogP contribution in [-0.2, 0) is 13.1 Å². The van der Waals surface area contributed by atoms with Crippen molar-refractivity contribution in [2.45, 2.75) is 38.1 Å². The number of anilines is 1. The van der Waals surface area contributed by atoms with E-state index in [2.05, 4.69) is 38.0 Å². The summed E-state index contributed by atoms with van der Waals surface area (Å²) >= 11 is 0. The van der Waals surface area contributed by atoms with Gasteiger partial charge in [-0.3, -0.25) is 14.7 Å². The first kappa shape index (κ1) is 19.8. The highest BCUT2D eigenvalue weighted by Crippen LogP contribution is 2.22. The van der Waals surface area contributed by atoms with Crippen molar-refractivity contribution in [3.05, 3.63) is 59.4 Å². The topological polar surface area (TPSA) is 89.5 Å². The number of benzene rings is 1. The lowest BCUT2D eigenvalue weighted by Gasteiger charge is -2.24. The Hall–Kier alpha value is -2.48. The fourth-order valence-corrected chi connectivity index (χ4v) is 4.05. The first-order valence-electron chi connectivity index (χ1n) is 10.3. The molecule has 2 aliphatic rings. The largest absolute Gasteiger partial charge is 0.390 e. The SMILES string of the molecule is O=C(NC[C@H](O)CN1Cc2ccccc2C1)c1cncc(NC2CCNCC2)c1. The number of nitrogens with one attached hydrogen (secondary N) is 3. The molecule has 1 atom stereocenters. The number of hydrogen-bond acceptors (Lipinski definition) is 6. The first-order chi connectivity index (χ1) is 14.2. The molecule has 1 saturated heterocycles. The third-order valence-corrected chi connectivity index (χ3v) is 5.58. The Morgan fingerprint density at radius 1 is 1.21 bits per heavy atom. The highest BCUT2D eigenvalue weighted by molar-refractivity contribution is 5.94.